The number of carbonyl (C=O) groups is 1. The predicted octanol–water partition coefficient (Wildman–Crippen LogP) is 3.38. The molecule has 3 aromatic rings. The third-order valence-electron chi connectivity index (χ3n) is 3.19. The number of rotatable bonds is 2. The second kappa shape index (κ2) is 4.20. The lowest BCUT2D eigenvalue weighted by Crippen LogP contribution is -2.04. The van der Waals surface area contributed by atoms with Gasteiger partial charge in [-0.3, -0.25) is 4.40 Å². The third kappa shape index (κ3) is 1.74. The average molecular weight is 272 g/mol. The van der Waals surface area contributed by atoms with Crippen LogP contribution in [0.5, 0.6) is 0 Å². The van der Waals surface area contributed by atoms with Gasteiger partial charge in [0.1, 0.15) is 5.69 Å². The Labute approximate surface area is 114 Å². The van der Waals surface area contributed by atoms with E-state index < -0.39 is 5.97 Å². The summed E-state index contributed by atoms with van der Waals surface area (Å²) in [5.41, 5.74) is 2.53. The minimum atomic E-state index is -0.952. The van der Waals surface area contributed by atoms with Crippen molar-refractivity contribution in [2.45, 2.75) is 13.8 Å². The molecule has 0 fully saturated rings. The molecule has 3 rings (SSSR count). The highest BCUT2D eigenvalue weighted by Crippen LogP contribution is 2.30. The molecule has 19 heavy (non-hydrogen) atoms. The van der Waals surface area contributed by atoms with E-state index in [0.717, 1.165) is 21.1 Å². The number of nitrogens with zero attached hydrogens (tertiary/aromatic N) is 2. The van der Waals surface area contributed by atoms with E-state index in [1.54, 1.807) is 4.40 Å². The Balaban J connectivity index is 2.38. The summed E-state index contributed by atoms with van der Waals surface area (Å²) >= 11 is 1.51. The van der Waals surface area contributed by atoms with Crippen LogP contribution in [0.4, 0.5) is 0 Å². The summed E-state index contributed by atoms with van der Waals surface area (Å²) in [5.74, 6) is -0.952. The Morgan fingerprint density at radius 1 is 1.26 bits per heavy atom. The lowest BCUT2D eigenvalue weighted by molar-refractivity contribution is 0.0690. The molecule has 2 aromatic heterocycles. The van der Waals surface area contributed by atoms with Gasteiger partial charge in [-0.1, -0.05) is 30.3 Å². The van der Waals surface area contributed by atoms with Crippen molar-refractivity contribution in [3.63, 3.8) is 0 Å². The van der Waals surface area contributed by atoms with E-state index in [4.69, 9.17) is 0 Å². The van der Waals surface area contributed by atoms with Crippen LogP contribution < -0.4 is 0 Å². The molecule has 0 aliphatic rings. The number of hydrogen-bond acceptors (Lipinski definition) is 3. The maximum Gasteiger partial charge on any atom is 0.355 e. The molecule has 0 saturated carbocycles. The number of carboxylic acid groups (broad SMARTS) is 1. The number of aromatic carboxylic acids is 1. The molecule has 2 heterocycles. The molecule has 0 radical (unpaired) electrons. The molecule has 5 heteroatoms. The van der Waals surface area contributed by atoms with Crippen LogP contribution >= 0.6 is 11.3 Å². The van der Waals surface area contributed by atoms with Crippen LogP contribution in [0.2, 0.25) is 0 Å². The number of aryl methyl sites for hydroxylation is 2. The Bertz CT molecular complexity index is 772. The van der Waals surface area contributed by atoms with Crippen LogP contribution in [-0.4, -0.2) is 20.5 Å². The monoisotopic (exact) mass is 272 g/mol. The maximum absolute atomic E-state index is 11.6. The summed E-state index contributed by atoms with van der Waals surface area (Å²) in [6, 6.07) is 9.42. The SMILES string of the molecule is Cc1sc2nc(-c3ccccc3)c(C(=O)O)n2c1C. The van der Waals surface area contributed by atoms with Crippen LogP contribution in [0.1, 0.15) is 21.1 Å². The van der Waals surface area contributed by atoms with E-state index >= 15 is 0 Å². The number of benzene rings is 1. The molecule has 0 bridgehead atoms. The second-order valence-electron chi connectivity index (χ2n) is 4.34. The topological polar surface area (TPSA) is 54.6 Å². The second-order valence-corrected chi connectivity index (χ2v) is 5.52. The number of aromatic nitrogens is 2. The molecule has 1 aromatic carbocycles. The average Bonchev–Trinajstić information content (AvgIpc) is 2.89. The zero-order valence-corrected chi connectivity index (χ0v) is 11.4. The van der Waals surface area contributed by atoms with Crippen molar-refractivity contribution in [2.75, 3.05) is 0 Å². The highest BCUT2D eigenvalue weighted by atomic mass is 32.1. The first-order chi connectivity index (χ1) is 9.09. The quantitative estimate of drug-likeness (QED) is 0.778. The van der Waals surface area contributed by atoms with Crippen molar-refractivity contribution in [3.8, 4) is 11.3 Å². The van der Waals surface area contributed by atoms with Crippen LogP contribution in [-0.2, 0) is 0 Å². The lowest BCUT2D eigenvalue weighted by atomic mass is 10.1. The standard InChI is InChI=1S/C14H12N2O2S/c1-8-9(2)19-14-15-11(10-6-4-3-5-7-10)12(13(17)18)16(8)14/h3-7H,1-2H3,(H,17,18). The molecule has 0 aliphatic heterocycles. The first-order valence-corrected chi connectivity index (χ1v) is 6.68. The van der Waals surface area contributed by atoms with Crippen molar-refractivity contribution in [3.05, 3.63) is 46.6 Å². The summed E-state index contributed by atoms with van der Waals surface area (Å²) < 4.78 is 1.73. The molecule has 0 saturated heterocycles. The van der Waals surface area contributed by atoms with Crippen molar-refractivity contribution < 1.29 is 9.90 Å². The number of carboxylic acids is 1. The summed E-state index contributed by atoms with van der Waals surface area (Å²) in [6.45, 7) is 3.89. The van der Waals surface area contributed by atoms with Crippen LogP contribution in [0.15, 0.2) is 30.3 Å². The zero-order valence-electron chi connectivity index (χ0n) is 10.5. The lowest BCUT2D eigenvalue weighted by Gasteiger charge is -2.01. The highest BCUT2D eigenvalue weighted by Gasteiger charge is 2.23. The molecule has 4 nitrogen and oxygen atoms in total. The summed E-state index contributed by atoms with van der Waals surface area (Å²) in [4.78, 5) is 17.9. The minimum absolute atomic E-state index is 0.239. The molecule has 0 aliphatic carbocycles. The van der Waals surface area contributed by atoms with Crippen molar-refractivity contribution >= 4 is 22.3 Å². The van der Waals surface area contributed by atoms with E-state index in [9.17, 15) is 9.90 Å². The van der Waals surface area contributed by atoms with Gasteiger partial charge in [0.2, 0.25) is 0 Å². The van der Waals surface area contributed by atoms with Gasteiger partial charge in [-0.25, -0.2) is 9.78 Å². The minimum Gasteiger partial charge on any atom is -0.476 e. The van der Waals surface area contributed by atoms with Gasteiger partial charge in [-0.05, 0) is 13.8 Å². The molecule has 0 atom stereocenters. The molecule has 0 amide bonds. The van der Waals surface area contributed by atoms with E-state index in [-0.39, 0.29) is 5.69 Å². The first kappa shape index (κ1) is 11.9. The number of fused-ring (bicyclic) bond motifs is 1. The fourth-order valence-corrected chi connectivity index (χ4v) is 3.11. The van der Waals surface area contributed by atoms with Crippen LogP contribution in [0.3, 0.4) is 0 Å². The zero-order chi connectivity index (χ0) is 13.6. The molecule has 0 spiro atoms. The number of imidazole rings is 1. The van der Waals surface area contributed by atoms with Crippen LogP contribution in [0, 0.1) is 13.8 Å². The number of thiazole rings is 1. The van der Waals surface area contributed by atoms with Gasteiger partial charge in [0.15, 0.2) is 10.7 Å². The first-order valence-electron chi connectivity index (χ1n) is 5.86. The smallest absolute Gasteiger partial charge is 0.355 e. The van der Waals surface area contributed by atoms with E-state index in [0.29, 0.717) is 5.69 Å². The Hall–Kier alpha value is -2.14. The van der Waals surface area contributed by atoms with Gasteiger partial charge >= 0.3 is 5.97 Å². The van der Waals surface area contributed by atoms with Gasteiger partial charge in [0, 0.05) is 16.1 Å². The van der Waals surface area contributed by atoms with E-state index in [1.807, 2.05) is 44.2 Å². The van der Waals surface area contributed by atoms with Gasteiger partial charge in [0.05, 0.1) is 0 Å². The molecule has 0 unspecified atom stereocenters. The van der Waals surface area contributed by atoms with Gasteiger partial charge in [-0.2, -0.15) is 0 Å². The molecule has 96 valence electrons. The fourth-order valence-electron chi connectivity index (χ4n) is 2.14. The van der Waals surface area contributed by atoms with Crippen molar-refractivity contribution in [1.29, 1.82) is 0 Å². The van der Waals surface area contributed by atoms with Gasteiger partial charge < -0.3 is 5.11 Å². The van der Waals surface area contributed by atoms with Gasteiger partial charge in [-0.15, -0.1) is 11.3 Å². The van der Waals surface area contributed by atoms with E-state index in [1.165, 1.54) is 11.3 Å². The largest absolute Gasteiger partial charge is 0.476 e. The maximum atomic E-state index is 11.6. The fraction of sp³-hybridized carbons (Fsp3) is 0.143. The molecule has 1 N–H and O–H groups in total. The van der Waals surface area contributed by atoms with Crippen molar-refractivity contribution in [2.24, 2.45) is 0 Å². The van der Waals surface area contributed by atoms with E-state index in [2.05, 4.69) is 4.98 Å². The summed E-state index contributed by atoms with van der Waals surface area (Å²) in [5, 5.41) is 9.49. The predicted molar refractivity (Wildman–Crippen MR) is 74.9 cm³/mol. The Kier molecular flexibility index (Phi) is 2.64. The summed E-state index contributed by atoms with van der Waals surface area (Å²) in [6.07, 6.45) is 0. The highest BCUT2D eigenvalue weighted by molar-refractivity contribution is 7.17. The Morgan fingerprint density at radius 3 is 2.58 bits per heavy atom. The number of hydrogen-bond donors (Lipinski definition) is 1. The molecular formula is C14H12N2O2S. The van der Waals surface area contributed by atoms with Gasteiger partial charge in [0.25, 0.3) is 0 Å². The Morgan fingerprint density at radius 2 is 1.95 bits per heavy atom. The van der Waals surface area contributed by atoms with Crippen molar-refractivity contribution in [1.82, 2.24) is 9.38 Å². The van der Waals surface area contributed by atoms with Crippen LogP contribution in [0.25, 0.3) is 16.2 Å². The molecular weight excluding hydrogens is 260 g/mol. The summed E-state index contributed by atoms with van der Waals surface area (Å²) in [7, 11) is 0. The third-order valence-corrected chi connectivity index (χ3v) is 4.24. The normalized spacial score (nSPS) is 11.1.